The normalized spacial score (nSPS) is 11.6. The van der Waals surface area contributed by atoms with E-state index in [4.69, 9.17) is 0 Å². The Labute approximate surface area is 145 Å². The third-order valence-electron chi connectivity index (χ3n) is 4.67. The maximum absolute atomic E-state index is 2.36. The van der Waals surface area contributed by atoms with Crippen LogP contribution < -0.4 is 0 Å². The highest BCUT2D eigenvalue weighted by Crippen LogP contribution is 2.32. The van der Waals surface area contributed by atoms with Gasteiger partial charge in [0, 0.05) is 0 Å². The van der Waals surface area contributed by atoms with Gasteiger partial charge in [-0.25, -0.2) is 0 Å². The highest BCUT2D eigenvalue weighted by Gasteiger charge is 2.12. The lowest BCUT2D eigenvalue weighted by Gasteiger charge is -2.16. The number of hydrogen-bond donors (Lipinski definition) is 0. The summed E-state index contributed by atoms with van der Waals surface area (Å²) >= 11 is 0. The molecule has 0 aromatic heterocycles. The lowest BCUT2D eigenvalue weighted by atomic mass is 9.88. The smallest absolute Gasteiger partial charge is 0.01000 e. The van der Waals surface area contributed by atoms with E-state index in [2.05, 4.69) is 101 Å². The van der Waals surface area contributed by atoms with Gasteiger partial charge >= 0.3 is 0 Å². The molecular formula is C24H24. The number of rotatable bonds is 3. The molecular weight excluding hydrogens is 288 g/mol. The predicted molar refractivity (Wildman–Crippen MR) is 105 cm³/mol. The Kier molecular flexibility index (Phi) is 4.66. The topological polar surface area (TPSA) is 0 Å². The monoisotopic (exact) mass is 312 g/mol. The molecule has 24 heavy (non-hydrogen) atoms. The van der Waals surface area contributed by atoms with Gasteiger partial charge in [0.05, 0.1) is 0 Å². The lowest BCUT2D eigenvalue weighted by Crippen LogP contribution is -1.96. The van der Waals surface area contributed by atoms with Crippen molar-refractivity contribution in [3.8, 4) is 0 Å². The maximum atomic E-state index is 2.36. The fourth-order valence-corrected chi connectivity index (χ4v) is 3.36. The molecule has 0 saturated carbocycles. The number of aryl methyl sites for hydroxylation is 4. The fraction of sp³-hybridized carbons (Fsp3) is 0.167. The fourth-order valence-electron chi connectivity index (χ4n) is 3.36. The van der Waals surface area contributed by atoms with Crippen molar-refractivity contribution >= 4 is 11.6 Å². The molecule has 3 aromatic carbocycles. The Morgan fingerprint density at radius 1 is 0.583 bits per heavy atom. The van der Waals surface area contributed by atoms with E-state index in [1.54, 1.807) is 0 Å². The molecule has 0 atom stereocenters. The Morgan fingerprint density at radius 2 is 1.08 bits per heavy atom. The van der Waals surface area contributed by atoms with Crippen LogP contribution in [0.1, 0.15) is 38.9 Å². The molecule has 0 heteroatoms. The second-order valence-electron chi connectivity index (χ2n) is 6.50. The molecule has 0 bridgehead atoms. The van der Waals surface area contributed by atoms with Crippen molar-refractivity contribution in [3.05, 3.63) is 106 Å². The largest absolute Gasteiger partial charge is 0.0622 e. The zero-order valence-corrected chi connectivity index (χ0v) is 14.9. The van der Waals surface area contributed by atoms with Crippen LogP contribution in [0.3, 0.4) is 0 Å². The van der Waals surface area contributed by atoms with E-state index in [9.17, 15) is 0 Å². The number of benzene rings is 3. The van der Waals surface area contributed by atoms with Crippen LogP contribution in [0.4, 0.5) is 0 Å². The SMILES string of the molecule is Cc1cccc(C)c1/C=C(\c1ccccc1)c1c(C)cccc1C. The van der Waals surface area contributed by atoms with Gasteiger partial charge in [-0.1, -0.05) is 66.7 Å². The van der Waals surface area contributed by atoms with Crippen LogP contribution in [-0.2, 0) is 0 Å². The molecule has 0 spiro atoms. The van der Waals surface area contributed by atoms with Crippen LogP contribution in [-0.4, -0.2) is 0 Å². The van der Waals surface area contributed by atoms with Crippen molar-refractivity contribution in [3.63, 3.8) is 0 Å². The first-order chi connectivity index (χ1) is 11.6. The summed E-state index contributed by atoms with van der Waals surface area (Å²) in [6, 6.07) is 23.7. The second-order valence-corrected chi connectivity index (χ2v) is 6.50. The van der Waals surface area contributed by atoms with Gasteiger partial charge in [0.1, 0.15) is 0 Å². The Morgan fingerprint density at radius 3 is 1.62 bits per heavy atom. The summed E-state index contributed by atoms with van der Waals surface area (Å²) in [5.41, 5.74) is 10.5. The van der Waals surface area contributed by atoms with E-state index in [1.165, 1.54) is 44.5 Å². The van der Waals surface area contributed by atoms with Crippen molar-refractivity contribution in [2.24, 2.45) is 0 Å². The van der Waals surface area contributed by atoms with E-state index < -0.39 is 0 Å². The minimum Gasteiger partial charge on any atom is -0.0622 e. The van der Waals surface area contributed by atoms with Gasteiger partial charge in [-0.15, -0.1) is 0 Å². The van der Waals surface area contributed by atoms with Crippen molar-refractivity contribution in [2.45, 2.75) is 27.7 Å². The summed E-state index contributed by atoms with van der Waals surface area (Å²) in [6.45, 7) is 8.77. The van der Waals surface area contributed by atoms with Gasteiger partial charge in [0.25, 0.3) is 0 Å². The molecule has 0 amide bonds. The second kappa shape index (κ2) is 6.88. The molecule has 3 rings (SSSR count). The molecule has 120 valence electrons. The summed E-state index contributed by atoms with van der Waals surface area (Å²) in [7, 11) is 0. The quantitative estimate of drug-likeness (QED) is 0.484. The molecule has 0 unspecified atom stereocenters. The van der Waals surface area contributed by atoms with Gasteiger partial charge in [0.2, 0.25) is 0 Å². The first-order valence-corrected chi connectivity index (χ1v) is 8.48. The molecule has 0 aliphatic carbocycles. The van der Waals surface area contributed by atoms with Crippen molar-refractivity contribution in [1.29, 1.82) is 0 Å². The minimum absolute atomic E-state index is 1.26. The summed E-state index contributed by atoms with van der Waals surface area (Å²) in [5.74, 6) is 0. The van der Waals surface area contributed by atoms with Gasteiger partial charge in [-0.3, -0.25) is 0 Å². The van der Waals surface area contributed by atoms with Crippen LogP contribution in [0, 0.1) is 27.7 Å². The van der Waals surface area contributed by atoms with E-state index in [0.29, 0.717) is 0 Å². The highest BCUT2D eigenvalue weighted by atomic mass is 14.2. The van der Waals surface area contributed by atoms with Crippen LogP contribution >= 0.6 is 0 Å². The Hall–Kier alpha value is -2.60. The zero-order valence-electron chi connectivity index (χ0n) is 14.9. The molecule has 0 aliphatic heterocycles. The molecule has 0 fully saturated rings. The van der Waals surface area contributed by atoms with Crippen LogP contribution in [0.5, 0.6) is 0 Å². The minimum atomic E-state index is 1.26. The molecule has 0 aliphatic rings. The summed E-state index contributed by atoms with van der Waals surface area (Å²) in [5, 5.41) is 0. The molecule has 0 saturated heterocycles. The van der Waals surface area contributed by atoms with E-state index >= 15 is 0 Å². The van der Waals surface area contributed by atoms with Gasteiger partial charge in [-0.2, -0.15) is 0 Å². The first-order valence-electron chi connectivity index (χ1n) is 8.48. The van der Waals surface area contributed by atoms with E-state index in [0.717, 1.165) is 0 Å². The van der Waals surface area contributed by atoms with Crippen LogP contribution in [0.25, 0.3) is 11.6 Å². The predicted octanol–water partition coefficient (Wildman–Crippen LogP) is 6.51. The third kappa shape index (κ3) is 3.19. The van der Waals surface area contributed by atoms with Gasteiger partial charge in [0.15, 0.2) is 0 Å². The first kappa shape index (κ1) is 16.3. The van der Waals surface area contributed by atoms with Crippen molar-refractivity contribution in [1.82, 2.24) is 0 Å². The van der Waals surface area contributed by atoms with Crippen LogP contribution in [0.2, 0.25) is 0 Å². The molecule has 0 N–H and O–H groups in total. The highest BCUT2D eigenvalue weighted by molar-refractivity contribution is 5.94. The van der Waals surface area contributed by atoms with Crippen molar-refractivity contribution < 1.29 is 0 Å². The summed E-state index contributed by atoms with van der Waals surface area (Å²) in [6.07, 6.45) is 2.36. The third-order valence-corrected chi connectivity index (χ3v) is 4.67. The molecule has 0 heterocycles. The molecule has 3 aromatic rings. The Bertz CT molecular complexity index is 843. The van der Waals surface area contributed by atoms with E-state index in [1.807, 2.05) is 0 Å². The standard InChI is InChI=1S/C24H24/c1-17-10-8-11-18(2)22(17)16-23(21-14-6-5-7-15-21)24-19(3)12-9-13-20(24)4/h5-16H,1-4H3/b23-16+. The summed E-state index contributed by atoms with van der Waals surface area (Å²) < 4.78 is 0. The molecule has 0 nitrogen and oxygen atoms in total. The van der Waals surface area contributed by atoms with E-state index in [-0.39, 0.29) is 0 Å². The lowest BCUT2D eigenvalue weighted by molar-refractivity contribution is 1.33. The Balaban J connectivity index is 2.30. The van der Waals surface area contributed by atoms with Crippen molar-refractivity contribution in [2.75, 3.05) is 0 Å². The maximum Gasteiger partial charge on any atom is -0.01000 e. The average molecular weight is 312 g/mol. The van der Waals surface area contributed by atoms with Crippen LogP contribution in [0.15, 0.2) is 66.7 Å². The summed E-state index contributed by atoms with van der Waals surface area (Å²) in [4.78, 5) is 0. The number of hydrogen-bond acceptors (Lipinski definition) is 0. The van der Waals surface area contributed by atoms with Gasteiger partial charge in [-0.05, 0) is 78.3 Å². The average Bonchev–Trinajstić information content (AvgIpc) is 2.57. The zero-order chi connectivity index (χ0) is 17.1. The molecule has 0 radical (unpaired) electrons. The van der Waals surface area contributed by atoms with Gasteiger partial charge < -0.3 is 0 Å².